The molecular weight excluding hydrogens is 326 g/mol. The van der Waals surface area contributed by atoms with Crippen LogP contribution in [-0.2, 0) is 7.05 Å². The SMILES string of the molecule is Cn1cc(-c2ccccc2)c(=O)c(-c2ccc(Br)cc2)c1. The van der Waals surface area contributed by atoms with Crippen molar-refractivity contribution in [3.8, 4) is 22.3 Å². The number of benzene rings is 2. The highest BCUT2D eigenvalue weighted by atomic mass is 79.9. The largest absolute Gasteiger partial charge is 0.356 e. The smallest absolute Gasteiger partial charge is 0.197 e. The third kappa shape index (κ3) is 2.83. The number of hydrogen-bond acceptors (Lipinski definition) is 1. The monoisotopic (exact) mass is 339 g/mol. The normalized spacial score (nSPS) is 10.6. The van der Waals surface area contributed by atoms with Crippen LogP contribution >= 0.6 is 15.9 Å². The molecule has 3 rings (SSSR count). The van der Waals surface area contributed by atoms with Gasteiger partial charge in [0.25, 0.3) is 0 Å². The van der Waals surface area contributed by atoms with Gasteiger partial charge in [-0.2, -0.15) is 0 Å². The van der Waals surface area contributed by atoms with Crippen molar-refractivity contribution in [2.24, 2.45) is 7.05 Å². The van der Waals surface area contributed by atoms with Gasteiger partial charge < -0.3 is 4.57 Å². The Labute approximate surface area is 131 Å². The van der Waals surface area contributed by atoms with Gasteiger partial charge in [-0.3, -0.25) is 4.79 Å². The van der Waals surface area contributed by atoms with Gasteiger partial charge in [0.05, 0.1) is 0 Å². The van der Waals surface area contributed by atoms with Crippen molar-refractivity contribution < 1.29 is 0 Å². The molecule has 3 heteroatoms. The number of nitrogens with zero attached hydrogens (tertiary/aromatic N) is 1. The predicted molar refractivity (Wildman–Crippen MR) is 90.3 cm³/mol. The standard InChI is InChI=1S/C18H14BrNO/c1-20-11-16(13-5-3-2-4-6-13)18(21)17(12-20)14-7-9-15(19)10-8-14/h2-12H,1H3. The molecule has 0 aliphatic rings. The molecule has 2 nitrogen and oxygen atoms in total. The zero-order chi connectivity index (χ0) is 14.8. The maximum atomic E-state index is 12.8. The molecule has 1 aromatic heterocycles. The maximum absolute atomic E-state index is 12.8. The molecule has 0 fully saturated rings. The van der Waals surface area contributed by atoms with Gasteiger partial charge in [0.15, 0.2) is 5.43 Å². The van der Waals surface area contributed by atoms with E-state index in [1.165, 1.54) is 0 Å². The maximum Gasteiger partial charge on any atom is 0.197 e. The summed E-state index contributed by atoms with van der Waals surface area (Å²) in [5.74, 6) is 0. The first-order valence-corrected chi connectivity index (χ1v) is 7.46. The average Bonchev–Trinajstić information content (AvgIpc) is 2.51. The fourth-order valence-electron chi connectivity index (χ4n) is 2.37. The van der Waals surface area contributed by atoms with Crippen molar-refractivity contribution in [2.45, 2.75) is 0 Å². The topological polar surface area (TPSA) is 22.0 Å². The zero-order valence-corrected chi connectivity index (χ0v) is 13.2. The van der Waals surface area contributed by atoms with E-state index >= 15 is 0 Å². The predicted octanol–water partition coefficient (Wildman–Crippen LogP) is 4.48. The Morgan fingerprint density at radius 2 is 1.33 bits per heavy atom. The molecule has 1 heterocycles. The van der Waals surface area contributed by atoms with Crippen LogP contribution in [0.2, 0.25) is 0 Å². The highest BCUT2D eigenvalue weighted by Gasteiger charge is 2.10. The number of halogens is 1. The van der Waals surface area contributed by atoms with E-state index in [2.05, 4.69) is 15.9 Å². The summed E-state index contributed by atoms with van der Waals surface area (Å²) in [7, 11) is 1.94. The Hall–Kier alpha value is -2.13. The van der Waals surface area contributed by atoms with E-state index < -0.39 is 0 Å². The van der Waals surface area contributed by atoms with E-state index in [9.17, 15) is 4.79 Å². The molecule has 0 radical (unpaired) electrons. The van der Waals surface area contributed by atoms with Crippen molar-refractivity contribution in [2.75, 3.05) is 0 Å². The molecule has 0 bridgehead atoms. The molecule has 0 aliphatic carbocycles. The van der Waals surface area contributed by atoms with Gasteiger partial charge in [-0.15, -0.1) is 0 Å². The van der Waals surface area contributed by atoms with Crippen LogP contribution in [0.1, 0.15) is 0 Å². The molecule has 0 N–H and O–H groups in total. The van der Waals surface area contributed by atoms with Crippen molar-refractivity contribution in [3.05, 3.63) is 81.7 Å². The third-order valence-electron chi connectivity index (χ3n) is 3.39. The second kappa shape index (κ2) is 5.70. The van der Waals surface area contributed by atoms with Crippen LogP contribution in [0.5, 0.6) is 0 Å². The Bertz CT molecular complexity index is 820. The molecule has 21 heavy (non-hydrogen) atoms. The van der Waals surface area contributed by atoms with Crippen molar-refractivity contribution in [1.29, 1.82) is 0 Å². The van der Waals surface area contributed by atoms with Crippen LogP contribution in [0.3, 0.4) is 0 Å². The number of pyridine rings is 1. The summed E-state index contributed by atoms with van der Waals surface area (Å²) in [6, 6.07) is 17.6. The fourth-order valence-corrected chi connectivity index (χ4v) is 2.63. The zero-order valence-electron chi connectivity index (χ0n) is 11.6. The Kier molecular flexibility index (Phi) is 3.76. The van der Waals surface area contributed by atoms with E-state index in [0.29, 0.717) is 5.56 Å². The summed E-state index contributed by atoms with van der Waals surface area (Å²) >= 11 is 3.42. The van der Waals surface area contributed by atoms with Crippen molar-refractivity contribution in [3.63, 3.8) is 0 Å². The first-order valence-electron chi connectivity index (χ1n) is 6.67. The van der Waals surface area contributed by atoms with Crippen molar-refractivity contribution >= 4 is 15.9 Å². The molecule has 0 aliphatic heterocycles. The lowest BCUT2D eigenvalue weighted by Crippen LogP contribution is -2.11. The Morgan fingerprint density at radius 3 is 1.90 bits per heavy atom. The minimum Gasteiger partial charge on any atom is -0.356 e. The van der Waals surface area contributed by atoms with Gasteiger partial charge in [-0.05, 0) is 23.3 Å². The van der Waals surface area contributed by atoms with Crippen LogP contribution < -0.4 is 5.43 Å². The van der Waals surface area contributed by atoms with Gasteiger partial charge in [-0.25, -0.2) is 0 Å². The molecule has 0 amide bonds. The van der Waals surface area contributed by atoms with E-state index in [1.807, 2.05) is 78.6 Å². The fraction of sp³-hybridized carbons (Fsp3) is 0.0556. The average molecular weight is 340 g/mol. The molecule has 0 unspecified atom stereocenters. The third-order valence-corrected chi connectivity index (χ3v) is 3.92. The number of hydrogen-bond donors (Lipinski definition) is 0. The summed E-state index contributed by atoms with van der Waals surface area (Å²) in [6.45, 7) is 0. The molecule has 0 saturated carbocycles. The van der Waals surface area contributed by atoms with E-state index in [-0.39, 0.29) is 5.43 Å². The van der Waals surface area contributed by atoms with Crippen LogP contribution in [0.4, 0.5) is 0 Å². The van der Waals surface area contributed by atoms with Crippen molar-refractivity contribution in [1.82, 2.24) is 4.57 Å². The number of aromatic nitrogens is 1. The summed E-state index contributed by atoms with van der Waals surface area (Å²) in [5, 5.41) is 0. The number of aryl methyl sites for hydroxylation is 1. The van der Waals surface area contributed by atoms with E-state index in [1.54, 1.807) is 0 Å². The lowest BCUT2D eigenvalue weighted by Gasteiger charge is -2.09. The summed E-state index contributed by atoms with van der Waals surface area (Å²) in [6.07, 6.45) is 3.75. The molecule has 0 atom stereocenters. The minimum atomic E-state index is 0.0571. The van der Waals surface area contributed by atoms with Crippen LogP contribution in [0.15, 0.2) is 76.3 Å². The summed E-state index contributed by atoms with van der Waals surface area (Å²) < 4.78 is 2.93. The first kappa shape index (κ1) is 13.8. The van der Waals surface area contributed by atoms with Gasteiger partial charge >= 0.3 is 0 Å². The molecule has 2 aromatic carbocycles. The van der Waals surface area contributed by atoms with Gasteiger partial charge in [0.1, 0.15) is 0 Å². The lowest BCUT2D eigenvalue weighted by molar-refractivity contribution is 0.904. The van der Waals surface area contributed by atoms with Crippen LogP contribution in [0, 0.1) is 0 Å². The van der Waals surface area contributed by atoms with Gasteiger partial charge in [0.2, 0.25) is 0 Å². The quantitative estimate of drug-likeness (QED) is 0.674. The first-order chi connectivity index (χ1) is 10.1. The molecule has 0 saturated heterocycles. The highest BCUT2D eigenvalue weighted by molar-refractivity contribution is 9.10. The van der Waals surface area contributed by atoms with E-state index in [4.69, 9.17) is 0 Å². The Balaban J connectivity index is 2.22. The van der Waals surface area contributed by atoms with Gasteiger partial charge in [0, 0.05) is 35.0 Å². The highest BCUT2D eigenvalue weighted by Crippen LogP contribution is 2.22. The Morgan fingerprint density at radius 1 is 0.810 bits per heavy atom. The molecule has 104 valence electrons. The summed E-state index contributed by atoms with van der Waals surface area (Å²) in [4.78, 5) is 12.8. The second-order valence-electron chi connectivity index (χ2n) is 4.95. The molecular formula is C18H14BrNO. The van der Waals surface area contributed by atoms with E-state index in [0.717, 1.165) is 21.2 Å². The lowest BCUT2D eigenvalue weighted by atomic mass is 10.0. The van der Waals surface area contributed by atoms with Crippen LogP contribution in [0.25, 0.3) is 22.3 Å². The van der Waals surface area contributed by atoms with Crippen LogP contribution in [-0.4, -0.2) is 4.57 Å². The molecule has 0 spiro atoms. The van der Waals surface area contributed by atoms with Gasteiger partial charge in [-0.1, -0.05) is 58.4 Å². The number of rotatable bonds is 2. The second-order valence-corrected chi connectivity index (χ2v) is 5.87. The minimum absolute atomic E-state index is 0.0571. The summed E-state index contributed by atoms with van der Waals surface area (Å²) in [5.41, 5.74) is 3.36. The molecule has 3 aromatic rings.